The van der Waals surface area contributed by atoms with Crippen molar-refractivity contribution in [2.75, 3.05) is 5.32 Å². The van der Waals surface area contributed by atoms with Crippen molar-refractivity contribution < 1.29 is 4.79 Å². The van der Waals surface area contributed by atoms with E-state index in [0.29, 0.717) is 6.42 Å². The number of nitrogens with two attached hydrogens (primary N) is 1. The standard InChI is InChI=1S/C19H23N3O/c20-17(11-10-14-6-2-1-3-7-14)19(23)22-16-12-15-8-4-5-9-18(15)21-13-16/h1-3,6-7,12-13,17H,4-5,8-11,20H2,(H,22,23)/t17-/m1/s1. The van der Waals surface area contributed by atoms with Gasteiger partial charge in [-0.15, -0.1) is 0 Å². The Bertz CT molecular complexity index is 670. The number of rotatable bonds is 5. The second kappa shape index (κ2) is 7.38. The summed E-state index contributed by atoms with van der Waals surface area (Å²) >= 11 is 0. The van der Waals surface area contributed by atoms with E-state index in [1.807, 2.05) is 24.3 Å². The first-order valence-electron chi connectivity index (χ1n) is 8.30. The number of aromatic nitrogens is 1. The smallest absolute Gasteiger partial charge is 0.241 e. The van der Waals surface area contributed by atoms with Crippen LogP contribution >= 0.6 is 0 Å². The predicted octanol–water partition coefficient (Wildman–Crippen LogP) is 2.86. The highest BCUT2D eigenvalue weighted by Gasteiger charge is 2.16. The molecule has 0 fully saturated rings. The van der Waals surface area contributed by atoms with Crippen molar-refractivity contribution in [3.8, 4) is 0 Å². The Morgan fingerprint density at radius 3 is 2.83 bits per heavy atom. The largest absolute Gasteiger partial charge is 0.323 e. The molecule has 1 amide bonds. The van der Waals surface area contributed by atoms with Gasteiger partial charge in [-0.25, -0.2) is 0 Å². The molecule has 120 valence electrons. The molecule has 0 bridgehead atoms. The summed E-state index contributed by atoms with van der Waals surface area (Å²) in [6.07, 6.45) is 7.67. The molecule has 0 unspecified atom stereocenters. The first-order valence-corrected chi connectivity index (χ1v) is 8.30. The molecule has 3 rings (SSSR count). The number of benzene rings is 1. The number of amides is 1. The van der Waals surface area contributed by atoms with Crippen molar-refractivity contribution in [2.45, 2.75) is 44.6 Å². The van der Waals surface area contributed by atoms with E-state index >= 15 is 0 Å². The van der Waals surface area contributed by atoms with Crippen LogP contribution in [-0.4, -0.2) is 16.9 Å². The van der Waals surface area contributed by atoms with Gasteiger partial charge in [0.25, 0.3) is 0 Å². The summed E-state index contributed by atoms with van der Waals surface area (Å²) in [6, 6.07) is 11.6. The van der Waals surface area contributed by atoms with Crippen LogP contribution in [0, 0.1) is 0 Å². The van der Waals surface area contributed by atoms with E-state index < -0.39 is 6.04 Å². The van der Waals surface area contributed by atoms with Crippen LogP contribution in [0.3, 0.4) is 0 Å². The molecule has 3 N–H and O–H groups in total. The summed E-state index contributed by atoms with van der Waals surface area (Å²) in [5.41, 5.74) is 10.4. The van der Waals surface area contributed by atoms with E-state index in [2.05, 4.69) is 22.4 Å². The fraction of sp³-hybridized carbons (Fsp3) is 0.368. The molecule has 23 heavy (non-hydrogen) atoms. The van der Waals surface area contributed by atoms with E-state index in [0.717, 1.165) is 24.9 Å². The average Bonchev–Trinajstić information content (AvgIpc) is 2.60. The number of nitrogens with zero attached hydrogens (tertiary/aromatic N) is 1. The van der Waals surface area contributed by atoms with Crippen molar-refractivity contribution >= 4 is 11.6 Å². The van der Waals surface area contributed by atoms with Crippen molar-refractivity contribution in [3.63, 3.8) is 0 Å². The lowest BCUT2D eigenvalue weighted by molar-refractivity contribution is -0.117. The van der Waals surface area contributed by atoms with Crippen LogP contribution in [0.5, 0.6) is 0 Å². The minimum Gasteiger partial charge on any atom is -0.323 e. The minimum atomic E-state index is -0.508. The minimum absolute atomic E-state index is 0.140. The Kier molecular flexibility index (Phi) is 5.03. The molecule has 0 saturated heterocycles. The molecule has 0 radical (unpaired) electrons. The summed E-state index contributed by atoms with van der Waals surface area (Å²) in [5.74, 6) is -0.140. The van der Waals surface area contributed by atoms with Crippen LogP contribution in [0.2, 0.25) is 0 Å². The van der Waals surface area contributed by atoms with Gasteiger partial charge in [0.2, 0.25) is 5.91 Å². The Balaban J connectivity index is 1.56. The maximum atomic E-state index is 12.2. The highest BCUT2D eigenvalue weighted by molar-refractivity contribution is 5.94. The summed E-state index contributed by atoms with van der Waals surface area (Å²) in [6.45, 7) is 0. The molecule has 1 heterocycles. The van der Waals surface area contributed by atoms with Crippen LogP contribution < -0.4 is 11.1 Å². The monoisotopic (exact) mass is 309 g/mol. The molecular formula is C19H23N3O. The molecule has 1 aliphatic carbocycles. The quantitative estimate of drug-likeness (QED) is 0.892. The molecule has 0 aliphatic heterocycles. The van der Waals surface area contributed by atoms with Gasteiger partial charge in [0.05, 0.1) is 17.9 Å². The number of nitrogens with one attached hydrogen (secondary N) is 1. The van der Waals surface area contributed by atoms with Gasteiger partial charge >= 0.3 is 0 Å². The van der Waals surface area contributed by atoms with Crippen LogP contribution in [0.25, 0.3) is 0 Å². The molecular weight excluding hydrogens is 286 g/mol. The fourth-order valence-corrected chi connectivity index (χ4v) is 2.99. The maximum absolute atomic E-state index is 12.2. The third-order valence-electron chi connectivity index (χ3n) is 4.36. The van der Waals surface area contributed by atoms with Gasteiger partial charge in [0.1, 0.15) is 0 Å². The van der Waals surface area contributed by atoms with E-state index in [1.165, 1.54) is 29.7 Å². The van der Waals surface area contributed by atoms with Crippen LogP contribution in [0.15, 0.2) is 42.6 Å². The molecule has 0 saturated carbocycles. The third kappa shape index (κ3) is 4.17. The van der Waals surface area contributed by atoms with E-state index in [1.54, 1.807) is 6.20 Å². The first-order chi connectivity index (χ1) is 11.2. The Morgan fingerprint density at radius 1 is 1.22 bits per heavy atom. The van der Waals surface area contributed by atoms with Crippen molar-refractivity contribution in [3.05, 3.63) is 59.4 Å². The van der Waals surface area contributed by atoms with Crippen LogP contribution in [-0.2, 0) is 24.1 Å². The van der Waals surface area contributed by atoms with Crippen molar-refractivity contribution in [1.29, 1.82) is 0 Å². The lowest BCUT2D eigenvalue weighted by atomic mass is 9.96. The molecule has 1 atom stereocenters. The number of carbonyl (C=O) groups is 1. The number of carbonyl (C=O) groups excluding carboxylic acids is 1. The second-order valence-corrected chi connectivity index (χ2v) is 6.16. The van der Waals surface area contributed by atoms with Gasteiger partial charge in [-0.05, 0) is 55.7 Å². The Hall–Kier alpha value is -2.20. The fourth-order valence-electron chi connectivity index (χ4n) is 2.99. The molecule has 0 spiro atoms. The van der Waals surface area contributed by atoms with Gasteiger partial charge in [0, 0.05) is 5.69 Å². The van der Waals surface area contributed by atoms with Crippen molar-refractivity contribution in [1.82, 2.24) is 4.98 Å². The first kappa shape index (κ1) is 15.7. The zero-order chi connectivity index (χ0) is 16.1. The molecule has 4 nitrogen and oxygen atoms in total. The van der Waals surface area contributed by atoms with E-state index in [4.69, 9.17) is 5.73 Å². The number of hydrogen-bond donors (Lipinski definition) is 2. The molecule has 1 aliphatic rings. The number of hydrogen-bond acceptors (Lipinski definition) is 3. The van der Waals surface area contributed by atoms with E-state index in [9.17, 15) is 4.79 Å². The molecule has 2 aromatic rings. The summed E-state index contributed by atoms with van der Waals surface area (Å²) in [4.78, 5) is 16.7. The SMILES string of the molecule is N[C@H](CCc1ccccc1)C(=O)Nc1cnc2c(c1)CCCC2. The predicted molar refractivity (Wildman–Crippen MR) is 92.2 cm³/mol. The second-order valence-electron chi connectivity index (χ2n) is 6.16. The lowest BCUT2D eigenvalue weighted by Crippen LogP contribution is -2.36. The summed E-state index contributed by atoms with van der Waals surface area (Å²) < 4.78 is 0. The zero-order valence-electron chi connectivity index (χ0n) is 13.3. The van der Waals surface area contributed by atoms with Gasteiger partial charge in [-0.2, -0.15) is 0 Å². The third-order valence-corrected chi connectivity index (χ3v) is 4.36. The normalized spacial score (nSPS) is 14.8. The summed E-state index contributed by atoms with van der Waals surface area (Å²) in [5, 5.41) is 2.90. The summed E-state index contributed by atoms with van der Waals surface area (Å²) in [7, 11) is 0. The molecule has 1 aromatic carbocycles. The lowest BCUT2D eigenvalue weighted by Gasteiger charge is -2.17. The Labute approximate surface area is 137 Å². The highest BCUT2D eigenvalue weighted by atomic mass is 16.2. The Morgan fingerprint density at radius 2 is 2.00 bits per heavy atom. The van der Waals surface area contributed by atoms with E-state index in [-0.39, 0.29) is 5.91 Å². The molecule has 4 heteroatoms. The number of anilines is 1. The highest BCUT2D eigenvalue weighted by Crippen LogP contribution is 2.22. The van der Waals surface area contributed by atoms with Gasteiger partial charge in [-0.1, -0.05) is 30.3 Å². The molecule has 1 aromatic heterocycles. The number of fused-ring (bicyclic) bond motifs is 1. The maximum Gasteiger partial charge on any atom is 0.241 e. The van der Waals surface area contributed by atoms with Crippen molar-refractivity contribution in [2.24, 2.45) is 5.73 Å². The van der Waals surface area contributed by atoms with Crippen LogP contribution in [0.1, 0.15) is 36.1 Å². The van der Waals surface area contributed by atoms with Crippen LogP contribution in [0.4, 0.5) is 5.69 Å². The number of aryl methyl sites for hydroxylation is 3. The average molecular weight is 309 g/mol. The number of pyridine rings is 1. The van der Waals surface area contributed by atoms with Gasteiger partial charge < -0.3 is 11.1 Å². The van der Waals surface area contributed by atoms with Gasteiger partial charge in [0.15, 0.2) is 0 Å². The zero-order valence-corrected chi connectivity index (χ0v) is 13.3. The topological polar surface area (TPSA) is 68.0 Å². The van der Waals surface area contributed by atoms with Gasteiger partial charge in [-0.3, -0.25) is 9.78 Å².